The number of hydrogen-bond donors (Lipinski definition) is 1. The summed E-state index contributed by atoms with van der Waals surface area (Å²) in [4.78, 5) is 0.137. The normalized spacial score (nSPS) is 17.9. The number of nitrogens with zero attached hydrogens (tertiary/aromatic N) is 3. The van der Waals surface area contributed by atoms with Crippen LogP contribution in [-0.2, 0) is 17.1 Å². The van der Waals surface area contributed by atoms with Gasteiger partial charge < -0.3 is 5.73 Å². The Balaban J connectivity index is 2.33. The van der Waals surface area contributed by atoms with Crippen LogP contribution < -0.4 is 5.73 Å². The lowest BCUT2D eigenvalue weighted by Crippen LogP contribution is -2.36. The zero-order valence-corrected chi connectivity index (χ0v) is 14.2. The third-order valence-electron chi connectivity index (χ3n) is 4.04. The van der Waals surface area contributed by atoms with Gasteiger partial charge in [-0.15, -0.1) is 0 Å². The number of aromatic nitrogens is 2. The summed E-state index contributed by atoms with van der Waals surface area (Å²) in [6, 6.07) is 0. The minimum atomic E-state index is -3.59. The number of hydrogen-bond acceptors (Lipinski definition) is 4. The highest BCUT2D eigenvalue weighted by Gasteiger charge is 2.33. The molecule has 0 aromatic carbocycles. The van der Waals surface area contributed by atoms with Gasteiger partial charge in [-0.1, -0.05) is 32.4 Å². The second-order valence-corrected chi connectivity index (χ2v) is 8.39. The molecule has 0 saturated carbocycles. The summed E-state index contributed by atoms with van der Waals surface area (Å²) in [6.07, 6.45) is 2.77. The molecule has 0 saturated heterocycles. The highest BCUT2D eigenvalue weighted by molar-refractivity contribution is 7.89. The zero-order chi connectivity index (χ0) is 16.0. The van der Waals surface area contributed by atoms with Crippen molar-refractivity contribution in [1.29, 1.82) is 0 Å². The van der Waals surface area contributed by atoms with Crippen LogP contribution in [0.2, 0.25) is 0 Å². The quantitative estimate of drug-likeness (QED) is 0.842. The van der Waals surface area contributed by atoms with E-state index in [1.807, 2.05) is 6.08 Å². The van der Waals surface area contributed by atoms with Gasteiger partial charge >= 0.3 is 0 Å². The Morgan fingerprint density at radius 3 is 2.33 bits per heavy atom. The molecule has 2 heterocycles. The maximum atomic E-state index is 12.8. The van der Waals surface area contributed by atoms with E-state index in [1.165, 1.54) is 14.6 Å². The van der Waals surface area contributed by atoms with Crippen LogP contribution in [0.15, 0.2) is 16.5 Å². The largest absolute Gasteiger partial charge is 0.381 e. The first-order chi connectivity index (χ1) is 9.55. The first kappa shape index (κ1) is 16.0. The topological polar surface area (TPSA) is 81.2 Å². The van der Waals surface area contributed by atoms with Crippen molar-refractivity contribution in [3.05, 3.63) is 17.3 Å². The van der Waals surface area contributed by atoms with Gasteiger partial charge in [0.05, 0.1) is 5.69 Å². The number of anilines is 1. The Labute approximate surface area is 126 Å². The van der Waals surface area contributed by atoms with Crippen LogP contribution in [0, 0.1) is 12.3 Å². The Morgan fingerprint density at radius 2 is 1.95 bits per heavy atom. The predicted molar refractivity (Wildman–Crippen MR) is 83.3 cm³/mol. The van der Waals surface area contributed by atoms with Crippen LogP contribution in [0.3, 0.4) is 0 Å². The molecule has 0 atom stereocenters. The third-order valence-corrected chi connectivity index (χ3v) is 6.07. The standard InChI is InChI=1S/C14H24N4O2S/c1-10-12(13(15)16-17(10)5)21(19,20)18-8-6-11(7-9-18)14(2,3)4/h6H,7-9H2,1-5H3,(H2,15,16). The lowest BCUT2D eigenvalue weighted by atomic mass is 9.83. The van der Waals surface area contributed by atoms with Gasteiger partial charge in [0.15, 0.2) is 5.82 Å². The summed E-state index contributed by atoms with van der Waals surface area (Å²) in [6.45, 7) is 9.03. The van der Waals surface area contributed by atoms with E-state index in [9.17, 15) is 8.42 Å². The maximum absolute atomic E-state index is 12.8. The zero-order valence-electron chi connectivity index (χ0n) is 13.3. The number of rotatable bonds is 2. The summed E-state index contributed by atoms with van der Waals surface area (Å²) in [7, 11) is -1.90. The molecular weight excluding hydrogens is 288 g/mol. The van der Waals surface area contributed by atoms with Crippen molar-refractivity contribution in [3.8, 4) is 0 Å². The average molecular weight is 312 g/mol. The summed E-state index contributed by atoms with van der Waals surface area (Å²) < 4.78 is 28.5. The molecule has 0 aliphatic carbocycles. The van der Waals surface area contributed by atoms with E-state index in [1.54, 1.807) is 14.0 Å². The van der Waals surface area contributed by atoms with E-state index < -0.39 is 10.0 Å². The Bertz CT molecular complexity index is 681. The van der Waals surface area contributed by atoms with Crippen LogP contribution >= 0.6 is 0 Å². The number of aryl methyl sites for hydroxylation is 1. The fourth-order valence-electron chi connectivity index (χ4n) is 2.61. The molecule has 2 rings (SSSR count). The first-order valence-corrected chi connectivity index (χ1v) is 8.48. The maximum Gasteiger partial charge on any atom is 0.248 e. The summed E-state index contributed by atoms with van der Waals surface area (Å²) in [5.41, 5.74) is 7.72. The van der Waals surface area contributed by atoms with Crippen molar-refractivity contribution in [2.24, 2.45) is 12.5 Å². The Hall–Kier alpha value is -1.34. The first-order valence-electron chi connectivity index (χ1n) is 7.04. The second-order valence-electron chi connectivity index (χ2n) is 6.52. The van der Waals surface area contributed by atoms with E-state index in [2.05, 4.69) is 25.9 Å². The van der Waals surface area contributed by atoms with Gasteiger partial charge in [-0.2, -0.15) is 9.40 Å². The van der Waals surface area contributed by atoms with Gasteiger partial charge in [0.25, 0.3) is 0 Å². The van der Waals surface area contributed by atoms with Crippen molar-refractivity contribution in [2.75, 3.05) is 18.8 Å². The van der Waals surface area contributed by atoms with Gasteiger partial charge in [-0.3, -0.25) is 4.68 Å². The lowest BCUT2D eigenvalue weighted by molar-refractivity contribution is 0.389. The van der Waals surface area contributed by atoms with Gasteiger partial charge in [0, 0.05) is 20.1 Å². The average Bonchev–Trinajstić information content (AvgIpc) is 2.62. The molecule has 1 aliphatic rings. The number of nitrogens with two attached hydrogens (primary N) is 1. The third kappa shape index (κ3) is 2.85. The van der Waals surface area contributed by atoms with E-state index >= 15 is 0 Å². The summed E-state index contributed by atoms with van der Waals surface area (Å²) >= 11 is 0. The molecule has 6 nitrogen and oxygen atoms in total. The van der Waals surface area contributed by atoms with Crippen LogP contribution in [0.5, 0.6) is 0 Å². The molecule has 7 heteroatoms. The molecule has 118 valence electrons. The second kappa shape index (κ2) is 5.14. The van der Waals surface area contributed by atoms with Crippen LogP contribution in [0.1, 0.15) is 32.9 Å². The van der Waals surface area contributed by atoms with E-state index in [4.69, 9.17) is 5.73 Å². The highest BCUT2D eigenvalue weighted by atomic mass is 32.2. The minimum Gasteiger partial charge on any atom is -0.381 e. The van der Waals surface area contributed by atoms with Crippen LogP contribution in [0.25, 0.3) is 0 Å². The van der Waals surface area contributed by atoms with Crippen molar-refractivity contribution in [3.63, 3.8) is 0 Å². The monoisotopic (exact) mass is 312 g/mol. The van der Waals surface area contributed by atoms with Crippen molar-refractivity contribution < 1.29 is 8.42 Å². The molecule has 0 fully saturated rings. The molecule has 1 aliphatic heterocycles. The predicted octanol–water partition coefficient (Wildman–Crippen LogP) is 1.68. The SMILES string of the molecule is Cc1c(S(=O)(=O)N2CC=C(C(C)(C)C)CC2)c(N)nn1C. The molecule has 2 N–H and O–H groups in total. The van der Waals surface area contributed by atoms with Gasteiger partial charge in [0.2, 0.25) is 10.0 Å². The van der Waals surface area contributed by atoms with Crippen molar-refractivity contribution in [2.45, 2.75) is 39.0 Å². The fraction of sp³-hybridized carbons (Fsp3) is 0.643. The van der Waals surface area contributed by atoms with Gasteiger partial charge in [-0.25, -0.2) is 8.42 Å². The molecule has 0 unspecified atom stereocenters. The minimum absolute atomic E-state index is 0.0700. The van der Waals surface area contributed by atoms with Crippen LogP contribution in [-0.4, -0.2) is 35.6 Å². The Kier molecular flexibility index (Phi) is 3.92. The smallest absolute Gasteiger partial charge is 0.248 e. The molecule has 1 aromatic rings. The van der Waals surface area contributed by atoms with Crippen molar-refractivity contribution in [1.82, 2.24) is 14.1 Å². The number of nitrogen functional groups attached to an aromatic ring is 1. The summed E-state index contributed by atoms with van der Waals surface area (Å²) in [5.74, 6) is 0.0700. The lowest BCUT2D eigenvalue weighted by Gasteiger charge is -2.31. The van der Waals surface area contributed by atoms with E-state index in [0.29, 0.717) is 18.8 Å². The highest BCUT2D eigenvalue weighted by Crippen LogP contribution is 2.33. The molecule has 1 aromatic heterocycles. The molecule has 0 amide bonds. The molecule has 21 heavy (non-hydrogen) atoms. The van der Waals surface area contributed by atoms with Gasteiger partial charge in [0.1, 0.15) is 4.90 Å². The van der Waals surface area contributed by atoms with E-state index in [-0.39, 0.29) is 16.1 Å². The molecule has 0 spiro atoms. The fourth-order valence-corrected chi connectivity index (χ4v) is 4.28. The van der Waals surface area contributed by atoms with Crippen LogP contribution in [0.4, 0.5) is 5.82 Å². The van der Waals surface area contributed by atoms with E-state index in [0.717, 1.165) is 6.42 Å². The molecule has 0 bridgehead atoms. The summed E-state index contributed by atoms with van der Waals surface area (Å²) in [5, 5.41) is 4.00. The number of sulfonamides is 1. The molecular formula is C14H24N4O2S. The molecule has 0 radical (unpaired) electrons. The van der Waals surface area contributed by atoms with Crippen molar-refractivity contribution >= 4 is 15.8 Å². The Morgan fingerprint density at radius 1 is 1.33 bits per heavy atom. The van der Waals surface area contributed by atoms with Gasteiger partial charge in [-0.05, 0) is 18.8 Å².